The summed E-state index contributed by atoms with van der Waals surface area (Å²) in [5.74, 6) is 0. The Morgan fingerprint density at radius 2 is 1.50 bits per heavy atom. The number of para-hydroxylation sites is 2. The van der Waals surface area contributed by atoms with Gasteiger partial charge in [0.25, 0.3) is 0 Å². The monoisotopic (exact) mass is 188 g/mol. The highest BCUT2D eigenvalue weighted by Crippen LogP contribution is 2.10. The summed E-state index contributed by atoms with van der Waals surface area (Å²) in [5, 5.41) is 0. The normalized spacial score (nSPS) is 11.2. The molecular weight excluding hydrogens is 176 g/mol. The third-order valence-corrected chi connectivity index (χ3v) is 0.996. The molecule has 1 aromatic rings. The van der Waals surface area contributed by atoms with Crippen LogP contribution in [0.5, 0.6) is 0 Å². The average molecular weight is 188 g/mol. The van der Waals surface area contributed by atoms with E-state index in [0.29, 0.717) is 11.4 Å². The van der Waals surface area contributed by atoms with Gasteiger partial charge >= 0.3 is 0 Å². The number of benzene rings is 1. The smallest absolute Gasteiger partial charge is 0.149 e. The first kappa shape index (κ1) is 10.9. The van der Waals surface area contributed by atoms with Gasteiger partial charge in [-0.05, 0) is 12.1 Å². The highest BCUT2D eigenvalue weighted by molar-refractivity contribution is 7.78. The summed E-state index contributed by atoms with van der Waals surface area (Å²) in [4.78, 5) is 0. The molecule has 0 bridgehead atoms. The molecular formula is C7H12N2O2S. The second-order valence-corrected chi connectivity index (χ2v) is 2.90. The molecule has 0 spiro atoms. The molecule has 0 amide bonds. The second-order valence-electron chi connectivity index (χ2n) is 2.05. The van der Waals surface area contributed by atoms with E-state index in [1.807, 2.05) is 12.1 Å². The maximum absolute atomic E-state index is 9.11. The maximum Gasteiger partial charge on any atom is 0.149 e. The second kappa shape index (κ2) is 5.56. The Morgan fingerprint density at radius 1 is 1.25 bits per heavy atom. The largest absolute Gasteiger partial charge is 0.397 e. The van der Waals surface area contributed by atoms with Crippen LogP contribution in [-0.2, 0) is 11.1 Å². The molecule has 68 valence electrons. The Hall–Kier alpha value is -1.07. The van der Waals surface area contributed by atoms with E-state index in [9.17, 15) is 0 Å². The van der Waals surface area contributed by atoms with Crippen LogP contribution in [0.3, 0.4) is 0 Å². The van der Waals surface area contributed by atoms with Gasteiger partial charge in [-0.15, -0.1) is 0 Å². The van der Waals surface area contributed by atoms with Crippen molar-refractivity contribution in [3.63, 3.8) is 0 Å². The summed E-state index contributed by atoms with van der Waals surface area (Å²) in [7, 11) is 0. The van der Waals surface area contributed by atoms with Gasteiger partial charge in [-0.3, -0.25) is 0 Å². The fourth-order valence-corrected chi connectivity index (χ4v) is 0.511. The van der Waals surface area contributed by atoms with Crippen molar-refractivity contribution >= 4 is 22.5 Å². The van der Waals surface area contributed by atoms with Crippen LogP contribution in [0.4, 0.5) is 11.4 Å². The molecule has 0 aliphatic heterocycles. The quantitative estimate of drug-likeness (QED) is 0.413. The van der Waals surface area contributed by atoms with E-state index in [1.165, 1.54) is 6.26 Å². The van der Waals surface area contributed by atoms with Crippen LogP contribution in [0.1, 0.15) is 0 Å². The first-order valence-electron chi connectivity index (χ1n) is 3.16. The topological polar surface area (TPSA) is 89.3 Å². The Kier molecular flexibility index (Phi) is 5.07. The molecule has 5 heteroatoms. The van der Waals surface area contributed by atoms with E-state index in [0.717, 1.165) is 0 Å². The minimum Gasteiger partial charge on any atom is -0.397 e. The molecule has 0 saturated carbocycles. The standard InChI is InChI=1S/C6H8N2.CH4O2S/c7-5-3-1-2-4-6(5)8;1-4(2)3/h1-4H,7-8H2;1H3,(H,2,3). The van der Waals surface area contributed by atoms with Gasteiger partial charge in [-0.1, -0.05) is 12.1 Å². The zero-order valence-electron chi connectivity index (χ0n) is 6.73. The minimum absolute atomic E-state index is 0.646. The molecule has 1 rings (SSSR count). The average Bonchev–Trinajstić information content (AvgIpc) is 1.94. The maximum atomic E-state index is 9.11. The van der Waals surface area contributed by atoms with Crippen LogP contribution in [0, 0.1) is 0 Å². The molecule has 5 N–H and O–H groups in total. The lowest BCUT2D eigenvalue weighted by Gasteiger charge is -1.94. The SMILES string of the molecule is CS(=O)O.Nc1ccccc1N. The molecule has 0 aliphatic carbocycles. The number of anilines is 2. The summed E-state index contributed by atoms with van der Waals surface area (Å²) in [5.41, 5.74) is 12.1. The first-order valence-corrected chi connectivity index (χ1v) is 4.68. The van der Waals surface area contributed by atoms with Gasteiger partial charge < -0.3 is 16.0 Å². The summed E-state index contributed by atoms with van der Waals surface area (Å²) in [6, 6.07) is 7.25. The van der Waals surface area contributed by atoms with Crippen LogP contribution in [0.25, 0.3) is 0 Å². The predicted molar refractivity (Wildman–Crippen MR) is 52.0 cm³/mol. The summed E-state index contributed by atoms with van der Waals surface area (Å²) in [6.45, 7) is 0. The van der Waals surface area contributed by atoms with E-state index >= 15 is 0 Å². The summed E-state index contributed by atoms with van der Waals surface area (Å²) < 4.78 is 16.6. The highest BCUT2D eigenvalue weighted by Gasteiger charge is 1.85. The molecule has 0 fully saturated rings. The van der Waals surface area contributed by atoms with Gasteiger partial charge in [0, 0.05) is 6.26 Å². The van der Waals surface area contributed by atoms with Crippen molar-refractivity contribution < 1.29 is 8.76 Å². The summed E-state index contributed by atoms with van der Waals surface area (Å²) in [6.07, 6.45) is 1.19. The molecule has 4 nitrogen and oxygen atoms in total. The third-order valence-electron chi connectivity index (χ3n) is 0.996. The van der Waals surface area contributed by atoms with E-state index in [-0.39, 0.29) is 0 Å². The van der Waals surface area contributed by atoms with Gasteiger partial charge in [-0.25, -0.2) is 4.21 Å². The van der Waals surface area contributed by atoms with E-state index in [4.69, 9.17) is 20.2 Å². The van der Waals surface area contributed by atoms with Crippen LogP contribution in [-0.4, -0.2) is 15.0 Å². The molecule has 0 aromatic heterocycles. The predicted octanol–water partition coefficient (Wildman–Crippen LogP) is 0.689. The lowest BCUT2D eigenvalue weighted by atomic mass is 10.3. The fourth-order valence-electron chi connectivity index (χ4n) is 0.511. The molecule has 1 aromatic carbocycles. The number of hydrogen-bond acceptors (Lipinski definition) is 3. The van der Waals surface area contributed by atoms with Crippen molar-refractivity contribution in [2.24, 2.45) is 0 Å². The molecule has 0 heterocycles. The Morgan fingerprint density at radius 3 is 1.67 bits per heavy atom. The molecule has 12 heavy (non-hydrogen) atoms. The number of nitrogens with two attached hydrogens (primary N) is 2. The number of rotatable bonds is 0. The van der Waals surface area contributed by atoms with Crippen molar-refractivity contribution in [3.8, 4) is 0 Å². The zero-order chi connectivity index (χ0) is 9.56. The Labute approximate surface area is 73.9 Å². The first-order chi connectivity index (χ1) is 5.54. The minimum atomic E-state index is -1.61. The molecule has 1 atom stereocenters. The van der Waals surface area contributed by atoms with Gasteiger partial charge in [-0.2, -0.15) is 0 Å². The summed E-state index contributed by atoms with van der Waals surface area (Å²) >= 11 is -1.61. The number of nitrogen functional groups attached to an aromatic ring is 2. The molecule has 0 radical (unpaired) electrons. The van der Waals surface area contributed by atoms with Gasteiger partial charge in [0.15, 0.2) is 0 Å². The van der Waals surface area contributed by atoms with Gasteiger partial charge in [0.05, 0.1) is 11.4 Å². The van der Waals surface area contributed by atoms with Crippen LogP contribution in [0.2, 0.25) is 0 Å². The van der Waals surface area contributed by atoms with E-state index in [2.05, 4.69) is 0 Å². The molecule has 0 saturated heterocycles. The van der Waals surface area contributed by atoms with Crippen molar-refractivity contribution in [2.75, 3.05) is 17.7 Å². The van der Waals surface area contributed by atoms with E-state index in [1.54, 1.807) is 12.1 Å². The van der Waals surface area contributed by atoms with Crippen molar-refractivity contribution in [2.45, 2.75) is 0 Å². The number of hydrogen-bond donors (Lipinski definition) is 3. The Balaban J connectivity index is 0.000000261. The fraction of sp³-hybridized carbons (Fsp3) is 0.143. The lowest BCUT2D eigenvalue weighted by molar-refractivity contribution is 0.571. The van der Waals surface area contributed by atoms with Crippen LogP contribution in [0.15, 0.2) is 24.3 Å². The van der Waals surface area contributed by atoms with Crippen molar-refractivity contribution in [1.29, 1.82) is 0 Å². The molecule has 1 unspecified atom stereocenters. The molecule has 0 aliphatic rings. The third kappa shape index (κ3) is 5.70. The van der Waals surface area contributed by atoms with Crippen LogP contribution < -0.4 is 11.5 Å². The van der Waals surface area contributed by atoms with E-state index < -0.39 is 11.1 Å². The van der Waals surface area contributed by atoms with Gasteiger partial charge in [0.1, 0.15) is 11.1 Å². The zero-order valence-corrected chi connectivity index (χ0v) is 7.54. The Bertz CT molecular complexity index is 240. The van der Waals surface area contributed by atoms with Crippen LogP contribution >= 0.6 is 0 Å². The highest BCUT2D eigenvalue weighted by atomic mass is 32.2. The lowest BCUT2D eigenvalue weighted by Crippen LogP contribution is -1.91. The van der Waals surface area contributed by atoms with Crippen molar-refractivity contribution in [1.82, 2.24) is 0 Å². The van der Waals surface area contributed by atoms with Crippen molar-refractivity contribution in [3.05, 3.63) is 24.3 Å². The van der Waals surface area contributed by atoms with Gasteiger partial charge in [0.2, 0.25) is 0 Å².